The summed E-state index contributed by atoms with van der Waals surface area (Å²) in [5.74, 6) is 0. The summed E-state index contributed by atoms with van der Waals surface area (Å²) in [4.78, 5) is 10.0. The van der Waals surface area contributed by atoms with E-state index >= 15 is 0 Å². The molecule has 0 spiro atoms. The third kappa shape index (κ3) is 2.75. The number of thiazole rings is 1. The maximum Gasteiger partial charge on any atom is 0.186 e. The van der Waals surface area contributed by atoms with Gasteiger partial charge in [0.05, 0.1) is 20.7 Å². The van der Waals surface area contributed by atoms with Gasteiger partial charge in [0, 0.05) is 26.2 Å². The number of fused-ring (bicyclic) bond motifs is 1. The first-order valence-electron chi connectivity index (χ1n) is 7.14. The van der Waals surface area contributed by atoms with E-state index in [0.29, 0.717) is 4.99 Å². The molecule has 0 bridgehead atoms. The molecule has 21 heavy (non-hydrogen) atoms. The summed E-state index contributed by atoms with van der Waals surface area (Å²) in [7, 11) is 0. The summed E-state index contributed by atoms with van der Waals surface area (Å²) in [5, 5.41) is 1.11. The van der Waals surface area contributed by atoms with Crippen molar-refractivity contribution in [2.75, 3.05) is 31.1 Å². The summed E-state index contributed by atoms with van der Waals surface area (Å²) < 4.78 is 1.25. The SMILES string of the molecule is CC(C)(C(N)=S)N1CCN(c2nc3ccccc3s2)CC1. The Morgan fingerprint density at radius 2 is 1.90 bits per heavy atom. The summed E-state index contributed by atoms with van der Waals surface area (Å²) in [6, 6.07) is 8.30. The largest absolute Gasteiger partial charge is 0.392 e. The first kappa shape index (κ1) is 14.7. The van der Waals surface area contributed by atoms with Crippen LogP contribution in [0.25, 0.3) is 10.2 Å². The lowest BCUT2D eigenvalue weighted by Gasteiger charge is -2.43. The Morgan fingerprint density at radius 3 is 2.52 bits per heavy atom. The average Bonchev–Trinajstić information content (AvgIpc) is 2.91. The third-order valence-electron chi connectivity index (χ3n) is 4.23. The molecule has 2 heterocycles. The number of anilines is 1. The van der Waals surface area contributed by atoms with Crippen LogP contribution in [-0.4, -0.2) is 46.6 Å². The van der Waals surface area contributed by atoms with Gasteiger partial charge in [0.15, 0.2) is 5.13 Å². The van der Waals surface area contributed by atoms with Crippen molar-refractivity contribution < 1.29 is 0 Å². The lowest BCUT2D eigenvalue weighted by Crippen LogP contribution is -2.59. The number of hydrogen-bond acceptors (Lipinski definition) is 5. The number of nitrogens with two attached hydrogens (primary N) is 1. The van der Waals surface area contributed by atoms with Gasteiger partial charge in [-0.1, -0.05) is 35.7 Å². The molecule has 1 aliphatic heterocycles. The molecule has 4 nitrogen and oxygen atoms in total. The monoisotopic (exact) mass is 320 g/mol. The smallest absolute Gasteiger partial charge is 0.186 e. The van der Waals surface area contributed by atoms with Crippen molar-refractivity contribution in [3.63, 3.8) is 0 Å². The van der Waals surface area contributed by atoms with Crippen LogP contribution in [0.5, 0.6) is 0 Å². The molecule has 112 valence electrons. The fourth-order valence-electron chi connectivity index (χ4n) is 2.61. The van der Waals surface area contributed by atoms with Crippen LogP contribution in [0.15, 0.2) is 24.3 Å². The van der Waals surface area contributed by atoms with Gasteiger partial charge < -0.3 is 10.6 Å². The van der Waals surface area contributed by atoms with Crippen LogP contribution >= 0.6 is 23.6 Å². The second kappa shape index (κ2) is 5.51. The van der Waals surface area contributed by atoms with E-state index in [-0.39, 0.29) is 5.54 Å². The number of aromatic nitrogens is 1. The second-order valence-electron chi connectivity index (χ2n) is 5.86. The highest BCUT2D eigenvalue weighted by atomic mass is 32.1. The van der Waals surface area contributed by atoms with Crippen molar-refractivity contribution >= 4 is 43.9 Å². The molecule has 1 saturated heterocycles. The van der Waals surface area contributed by atoms with Gasteiger partial charge in [-0.2, -0.15) is 0 Å². The molecule has 0 saturated carbocycles. The van der Waals surface area contributed by atoms with Gasteiger partial charge in [-0.15, -0.1) is 0 Å². The molecule has 0 radical (unpaired) electrons. The fourth-order valence-corrected chi connectivity index (χ4v) is 3.75. The van der Waals surface area contributed by atoms with Gasteiger partial charge in [0.25, 0.3) is 0 Å². The van der Waals surface area contributed by atoms with E-state index in [9.17, 15) is 0 Å². The lowest BCUT2D eigenvalue weighted by atomic mass is 10.0. The molecular weight excluding hydrogens is 300 g/mol. The summed E-state index contributed by atoms with van der Waals surface area (Å²) in [6.45, 7) is 8.05. The summed E-state index contributed by atoms with van der Waals surface area (Å²) >= 11 is 6.96. The van der Waals surface area contributed by atoms with Crippen molar-refractivity contribution in [1.29, 1.82) is 0 Å². The molecule has 2 N–H and O–H groups in total. The molecule has 0 unspecified atom stereocenters. The van der Waals surface area contributed by atoms with Gasteiger partial charge in [0.1, 0.15) is 0 Å². The van der Waals surface area contributed by atoms with E-state index < -0.39 is 0 Å². The lowest BCUT2D eigenvalue weighted by molar-refractivity contribution is 0.168. The standard InChI is InChI=1S/C15H20N4S2/c1-15(2,13(16)20)19-9-7-18(8-10-19)14-17-11-5-3-4-6-12(11)21-14/h3-6H,7-10H2,1-2H3,(H2,16,20). The number of para-hydroxylation sites is 1. The highest BCUT2D eigenvalue weighted by molar-refractivity contribution is 7.80. The van der Waals surface area contributed by atoms with Crippen molar-refractivity contribution in [3.8, 4) is 0 Å². The highest BCUT2D eigenvalue weighted by Gasteiger charge is 2.32. The van der Waals surface area contributed by atoms with Crippen LogP contribution in [0.2, 0.25) is 0 Å². The van der Waals surface area contributed by atoms with E-state index in [0.717, 1.165) is 36.8 Å². The number of thiocarbonyl (C=S) groups is 1. The quantitative estimate of drug-likeness (QED) is 0.880. The Kier molecular flexibility index (Phi) is 3.86. The number of rotatable bonds is 3. The Morgan fingerprint density at radius 1 is 1.24 bits per heavy atom. The van der Waals surface area contributed by atoms with Crippen LogP contribution in [0.4, 0.5) is 5.13 Å². The molecule has 1 aromatic heterocycles. The Balaban J connectivity index is 1.72. The van der Waals surface area contributed by atoms with Crippen molar-refractivity contribution in [1.82, 2.24) is 9.88 Å². The van der Waals surface area contributed by atoms with E-state index in [1.54, 1.807) is 11.3 Å². The van der Waals surface area contributed by atoms with Crippen molar-refractivity contribution in [2.45, 2.75) is 19.4 Å². The Labute approximate surface area is 134 Å². The molecular formula is C15H20N4S2. The molecule has 0 atom stereocenters. The zero-order valence-corrected chi connectivity index (χ0v) is 14.0. The van der Waals surface area contributed by atoms with Gasteiger partial charge in [-0.3, -0.25) is 4.90 Å². The molecule has 1 aromatic carbocycles. The summed E-state index contributed by atoms with van der Waals surface area (Å²) in [5.41, 5.74) is 6.74. The summed E-state index contributed by atoms with van der Waals surface area (Å²) in [6.07, 6.45) is 0. The Bertz CT molecular complexity index is 623. The topological polar surface area (TPSA) is 45.4 Å². The maximum atomic E-state index is 5.86. The van der Waals surface area contributed by atoms with Crippen LogP contribution in [0, 0.1) is 0 Å². The highest BCUT2D eigenvalue weighted by Crippen LogP contribution is 2.29. The number of hydrogen-bond donors (Lipinski definition) is 1. The number of piperazine rings is 1. The molecule has 2 aromatic rings. The van der Waals surface area contributed by atoms with E-state index in [2.05, 4.69) is 41.8 Å². The molecule has 6 heteroatoms. The van der Waals surface area contributed by atoms with Crippen LogP contribution < -0.4 is 10.6 Å². The van der Waals surface area contributed by atoms with Crippen molar-refractivity contribution in [2.24, 2.45) is 5.73 Å². The van der Waals surface area contributed by atoms with E-state index in [1.165, 1.54) is 4.70 Å². The predicted molar refractivity (Wildman–Crippen MR) is 94.3 cm³/mol. The molecule has 0 amide bonds. The maximum absolute atomic E-state index is 5.86. The molecule has 1 aliphatic rings. The van der Waals surface area contributed by atoms with Gasteiger partial charge in [-0.05, 0) is 26.0 Å². The molecule has 3 rings (SSSR count). The zero-order chi connectivity index (χ0) is 15.0. The zero-order valence-electron chi connectivity index (χ0n) is 12.4. The number of nitrogens with zero attached hydrogens (tertiary/aromatic N) is 3. The minimum atomic E-state index is -0.213. The Hall–Kier alpha value is -1.24. The van der Waals surface area contributed by atoms with Gasteiger partial charge in [0.2, 0.25) is 0 Å². The number of benzene rings is 1. The first-order chi connectivity index (χ1) is 9.98. The third-order valence-corrected chi connectivity index (χ3v) is 5.82. The second-order valence-corrected chi connectivity index (χ2v) is 7.31. The van der Waals surface area contributed by atoms with Crippen molar-refractivity contribution in [3.05, 3.63) is 24.3 Å². The predicted octanol–water partition coefficient (Wildman–Crippen LogP) is 2.48. The van der Waals surface area contributed by atoms with E-state index in [1.807, 2.05) is 6.07 Å². The first-order valence-corrected chi connectivity index (χ1v) is 8.36. The van der Waals surface area contributed by atoms with Gasteiger partial charge >= 0.3 is 0 Å². The normalized spacial score (nSPS) is 17.3. The molecule has 1 fully saturated rings. The van der Waals surface area contributed by atoms with Crippen LogP contribution in [-0.2, 0) is 0 Å². The minimum absolute atomic E-state index is 0.213. The van der Waals surface area contributed by atoms with Crippen LogP contribution in [0.1, 0.15) is 13.8 Å². The minimum Gasteiger partial charge on any atom is -0.392 e. The van der Waals surface area contributed by atoms with E-state index in [4.69, 9.17) is 22.9 Å². The van der Waals surface area contributed by atoms with Crippen LogP contribution in [0.3, 0.4) is 0 Å². The average molecular weight is 320 g/mol. The molecule has 0 aliphatic carbocycles. The fraction of sp³-hybridized carbons (Fsp3) is 0.467. The van der Waals surface area contributed by atoms with Gasteiger partial charge in [-0.25, -0.2) is 4.98 Å².